The van der Waals surface area contributed by atoms with Crippen LogP contribution in [0.25, 0.3) is 6.08 Å². The molecule has 1 aliphatic heterocycles. The van der Waals surface area contributed by atoms with Gasteiger partial charge >= 0.3 is 11.9 Å². The summed E-state index contributed by atoms with van der Waals surface area (Å²) in [5.74, 6) is -1.18. The van der Waals surface area contributed by atoms with Crippen molar-refractivity contribution in [2.45, 2.75) is 31.3 Å². The van der Waals surface area contributed by atoms with Crippen LogP contribution in [0.4, 0.5) is 0 Å². The first-order valence-corrected chi connectivity index (χ1v) is 9.48. The Hall–Kier alpha value is -2.19. The molecule has 0 N–H and O–H groups in total. The molecule has 0 saturated carbocycles. The number of hydrogen-bond donors (Lipinski definition) is 0. The zero-order valence-electron chi connectivity index (χ0n) is 14.2. The Morgan fingerprint density at radius 2 is 1.92 bits per heavy atom. The van der Waals surface area contributed by atoms with Crippen LogP contribution in [-0.2, 0) is 29.1 Å². The van der Waals surface area contributed by atoms with Crippen LogP contribution in [0.2, 0.25) is 0 Å². The average molecular weight is 367 g/mol. The zero-order chi connectivity index (χ0) is 18.4. The molecular formula is C17H21NO6S. The lowest BCUT2D eigenvalue weighted by molar-refractivity contribution is -0.156. The minimum absolute atomic E-state index is 0.199. The molecule has 8 heteroatoms. The Bertz CT molecular complexity index is 750. The normalized spacial score (nSPS) is 17.9. The first-order chi connectivity index (χ1) is 11.9. The number of carbonyl (C=O) groups is 2. The molecule has 0 unspecified atom stereocenters. The number of sulfonamides is 1. The zero-order valence-corrected chi connectivity index (χ0v) is 15.0. The Morgan fingerprint density at radius 3 is 2.44 bits per heavy atom. The molecule has 25 heavy (non-hydrogen) atoms. The van der Waals surface area contributed by atoms with E-state index >= 15 is 0 Å². The van der Waals surface area contributed by atoms with Gasteiger partial charge in [-0.15, -0.1) is 0 Å². The van der Waals surface area contributed by atoms with E-state index in [1.807, 2.05) is 0 Å². The second-order valence-electron chi connectivity index (χ2n) is 5.37. The maximum Gasteiger partial charge on any atom is 0.347 e. The molecule has 0 amide bonds. The van der Waals surface area contributed by atoms with Crippen molar-refractivity contribution in [2.75, 3.05) is 19.7 Å². The first-order valence-electron chi connectivity index (χ1n) is 8.04. The Balaban J connectivity index is 2.02. The number of nitrogens with zero attached hydrogens (tertiary/aromatic N) is 1. The van der Waals surface area contributed by atoms with E-state index < -0.39 is 28.1 Å². The number of hydrogen-bond acceptors (Lipinski definition) is 6. The van der Waals surface area contributed by atoms with Gasteiger partial charge in [-0.05, 0) is 23.8 Å². The van der Waals surface area contributed by atoms with Crippen LogP contribution in [-0.4, -0.2) is 50.5 Å². The second kappa shape index (κ2) is 8.26. The van der Waals surface area contributed by atoms with Crippen LogP contribution in [0.1, 0.15) is 25.8 Å². The van der Waals surface area contributed by atoms with E-state index in [4.69, 9.17) is 9.47 Å². The predicted molar refractivity (Wildman–Crippen MR) is 91.0 cm³/mol. The minimum Gasteiger partial charge on any atom is -0.463 e. The molecule has 1 aliphatic rings. The fourth-order valence-corrected chi connectivity index (χ4v) is 3.85. The summed E-state index contributed by atoms with van der Waals surface area (Å²) in [6, 6.07) is 6.19. The van der Waals surface area contributed by atoms with Gasteiger partial charge in [0.25, 0.3) is 0 Å². The molecule has 136 valence electrons. The summed E-state index contributed by atoms with van der Waals surface area (Å²) in [5, 5.41) is 0. The van der Waals surface area contributed by atoms with E-state index in [0.717, 1.165) is 0 Å². The summed E-state index contributed by atoms with van der Waals surface area (Å²) in [6.07, 6.45) is 2.20. The number of rotatable bonds is 7. The summed E-state index contributed by atoms with van der Waals surface area (Å²) in [4.78, 5) is 23.1. The monoisotopic (exact) mass is 367 g/mol. The Morgan fingerprint density at radius 1 is 1.28 bits per heavy atom. The molecule has 0 bridgehead atoms. The van der Waals surface area contributed by atoms with Gasteiger partial charge in [0.05, 0.1) is 11.5 Å². The number of esters is 2. The van der Waals surface area contributed by atoms with Gasteiger partial charge in [-0.3, -0.25) is 0 Å². The SMILES string of the molecule is CCN(CC)S(=O)(=O)c1ccc(/C=C/C(=O)O[C@H]2CCOC2=O)cc1. The molecule has 0 aromatic heterocycles. The van der Waals surface area contributed by atoms with Gasteiger partial charge in [0.15, 0.2) is 0 Å². The average Bonchev–Trinajstić information content (AvgIpc) is 2.99. The minimum atomic E-state index is -3.50. The second-order valence-corrected chi connectivity index (χ2v) is 7.31. The van der Waals surface area contributed by atoms with Gasteiger partial charge in [-0.25, -0.2) is 18.0 Å². The van der Waals surface area contributed by atoms with Crippen LogP contribution >= 0.6 is 0 Å². The number of cyclic esters (lactones) is 1. The lowest BCUT2D eigenvalue weighted by atomic mass is 10.2. The van der Waals surface area contributed by atoms with Gasteiger partial charge in [0, 0.05) is 25.6 Å². The third-order valence-electron chi connectivity index (χ3n) is 3.78. The molecule has 1 aromatic rings. The van der Waals surface area contributed by atoms with E-state index in [-0.39, 0.29) is 11.5 Å². The van der Waals surface area contributed by atoms with E-state index in [1.54, 1.807) is 26.0 Å². The smallest absolute Gasteiger partial charge is 0.347 e. The van der Waals surface area contributed by atoms with Gasteiger partial charge in [0.2, 0.25) is 16.1 Å². The third kappa shape index (κ3) is 4.67. The summed E-state index contributed by atoms with van der Waals surface area (Å²) in [6.45, 7) is 4.61. The Kier molecular flexibility index (Phi) is 6.33. The van der Waals surface area contributed by atoms with Crippen molar-refractivity contribution in [3.05, 3.63) is 35.9 Å². The first kappa shape index (κ1) is 19.1. The van der Waals surface area contributed by atoms with Crippen molar-refractivity contribution < 1.29 is 27.5 Å². The molecule has 1 saturated heterocycles. The van der Waals surface area contributed by atoms with Crippen molar-refractivity contribution in [3.8, 4) is 0 Å². The highest BCUT2D eigenvalue weighted by Crippen LogP contribution is 2.17. The fourth-order valence-electron chi connectivity index (χ4n) is 2.39. The maximum atomic E-state index is 12.4. The molecule has 1 fully saturated rings. The van der Waals surface area contributed by atoms with Crippen molar-refractivity contribution in [1.29, 1.82) is 0 Å². The van der Waals surface area contributed by atoms with E-state index in [2.05, 4.69) is 0 Å². The van der Waals surface area contributed by atoms with E-state index in [0.29, 0.717) is 25.1 Å². The van der Waals surface area contributed by atoms with Gasteiger partial charge in [-0.2, -0.15) is 4.31 Å². The summed E-state index contributed by atoms with van der Waals surface area (Å²) in [7, 11) is -3.50. The highest BCUT2D eigenvalue weighted by atomic mass is 32.2. The largest absolute Gasteiger partial charge is 0.463 e. The molecule has 2 rings (SSSR count). The molecule has 0 spiro atoms. The summed E-state index contributed by atoms with van der Waals surface area (Å²) >= 11 is 0. The molecule has 0 aliphatic carbocycles. The van der Waals surface area contributed by atoms with E-state index in [1.165, 1.54) is 28.6 Å². The van der Waals surface area contributed by atoms with Crippen LogP contribution in [0, 0.1) is 0 Å². The number of ether oxygens (including phenoxy) is 2. The fraction of sp³-hybridized carbons (Fsp3) is 0.412. The highest BCUT2D eigenvalue weighted by molar-refractivity contribution is 7.89. The van der Waals surface area contributed by atoms with Crippen LogP contribution < -0.4 is 0 Å². The van der Waals surface area contributed by atoms with Crippen molar-refractivity contribution in [3.63, 3.8) is 0 Å². The predicted octanol–water partition coefficient (Wildman–Crippen LogP) is 1.59. The summed E-state index contributed by atoms with van der Waals surface area (Å²) < 4.78 is 35.8. The lowest BCUT2D eigenvalue weighted by Gasteiger charge is -2.18. The Labute approximate surface area is 147 Å². The molecule has 1 atom stereocenters. The topological polar surface area (TPSA) is 90.0 Å². The number of benzene rings is 1. The maximum absolute atomic E-state index is 12.4. The third-order valence-corrected chi connectivity index (χ3v) is 5.84. The van der Waals surface area contributed by atoms with Crippen LogP contribution in [0.3, 0.4) is 0 Å². The quantitative estimate of drug-likeness (QED) is 0.537. The van der Waals surface area contributed by atoms with Crippen molar-refractivity contribution in [2.24, 2.45) is 0 Å². The van der Waals surface area contributed by atoms with Crippen molar-refractivity contribution in [1.82, 2.24) is 4.31 Å². The standard InChI is InChI=1S/C17H21NO6S/c1-3-18(4-2)25(21,22)14-8-5-13(6-9-14)7-10-16(19)24-15-11-12-23-17(15)20/h5-10,15H,3-4,11-12H2,1-2H3/b10-7+/t15-/m0/s1. The van der Waals surface area contributed by atoms with Gasteiger partial charge in [0.1, 0.15) is 0 Å². The summed E-state index contributed by atoms with van der Waals surface area (Å²) in [5.41, 5.74) is 0.643. The molecule has 7 nitrogen and oxygen atoms in total. The molecule has 0 radical (unpaired) electrons. The molecular weight excluding hydrogens is 346 g/mol. The molecule has 1 aromatic carbocycles. The number of carbonyl (C=O) groups excluding carboxylic acids is 2. The van der Waals surface area contributed by atoms with Crippen LogP contribution in [0.5, 0.6) is 0 Å². The van der Waals surface area contributed by atoms with Crippen molar-refractivity contribution >= 4 is 28.0 Å². The lowest BCUT2D eigenvalue weighted by Crippen LogP contribution is -2.30. The highest BCUT2D eigenvalue weighted by Gasteiger charge is 2.29. The van der Waals surface area contributed by atoms with Gasteiger partial charge in [-0.1, -0.05) is 26.0 Å². The van der Waals surface area contributed by atoms with Gasteiger partial charge < -0.3 is 9.47 Å². The van der Waals surface area contributed by atoms with Crippen LogP contribution in [0.15, 0.2) is 35.2 Å². The molecule has 1 heterocycles. The van der Waals surface area contributed by atoms with E-state index in [9.17, 15) is 18.0 Å².